The van der Waals surface area contributed by atoms with Gasteiger partial charge in [0.15, 0.2) is 0 Å². The minimum atomic E-state index is 0.829. The Morgan fingerprint density at radius 2 is 2.11 bits per heavy atom. The van der Waals surface area contributed by atoms with Crippen molar-refractivity contribution in [1.29, 1.82) is 0 Å². The highest BCUT2D eigenvalue weighted by molar-refractivity contribution is 5.60. The van der Waals surface area contributed by atoms with E-state index >= 15 is 0 Å². The van der Waals surface area contributed by atoms with Crippen molar-refractivity contribution in [3.8, 4) is 11.3 Å². The summed E-state index contributed by atoms with van der Waals surface area (Å²) in [6, 6.07) is 1.94. The Balaban J connectivity index is 2.30. The molecule has 0 amide bonds. The van der Waals surface area contributed by atoms with Crippen LogP contribution in [0.15, 0.2) is 18.5 Å². The standard InChI is InChI=1S/C13H20N6/c1-14-13-7-11(10-8-15-19(4)9-10)16-12(17-13)5-6-18(2)3/h7-9H,5-6H2,1-4H3,(H,14,16,17). The summed E-state index contributed by atoms with van der Waals surface area (Å²) in [5.41, 5.74) is 1.91. The van der Waals surface area contributed by atoms with Gasteiger partial charge in [-0.15, -0.1) is 0 Å². The van der Waals surface area contributed by atoms with E-state index in [2.05, 4.69) is 25.3 Å². The monoisotopic (exact) mass is 260 g/mol. The summed E-state index contributed by atoms with van der Waals surface area (Å²) in [5.74, 6) is 1.68. The second-order valence-corrected chi connectivity index (χ2v) is 4.76. The first-order chi connectivity index (χ1) is 9.08. The van der Waals surface area contributed by atoms with Crippen molar-refractivity contribution in [3.63, 3.8) is 0 Å². The Bertz CT molecular complexity index is 546. The molecule has 0 aliphatic carbocycles. The quantitative estimate of drug-likeness (QED) is 0.870. The van der Waals surface area contributed by atoms with Crippen molar-refractivity contribution in [3.05, 3.63) is 24.3 Å². The number of nitrogens with zero attached hydrogens (tertiary/aromatic N) is 5. The first-order valence-corrected chi connectivity index (χ1v) is 6.28. The molecule has 0 atom stereocenters. The van der Waals surface area contributed by atoms with Crippen LogP contribution in [-0.4, -0.2) is 52.3 Å². The molecular formula is C13H20N6. The predicted octanol–water partition coefficient (Wildman–Crippen LogP) is 1.02. The molecule has 102 valence electrons. The van der Waals surface area contributed by atoms with Crippen molar-refractivity contribution in [2.45, 2.75) is 6.42 Å². The zero-order valence-corrected chi connectivity index (χ0v) is 11.9. The van der Waals surface area contributed by atoms with Gasteiger partial charge >= 0.3 is 0 Å². The molecule has 0 spiro atoms. The van der Waals surface area contributed by atoms with Gasteiger partial charge in [0.05, 0.1) is 11.9 Å². The summed E-state index contributed by atoms with van der Waals surface area (Å²) < 4.78 is 1.77. The van der Waals surface area contributed by atoms with E-state index in [1.54, 1.807) is 4.68 Å². The maximum atomic E-state index is 4.61. The molecule has 0 saturated heterocycles. The van der Waals surface area contributed by atoms with Gasteiger partial charge in [-0.2, -0.15) is 5.10 Å². The van der Waals surface area contributed by atoms with Crippen LogP contribution in [0, 0.1) is 0 Å². The Hall–Kier alpha value is -1.95. The Morgan fingerprint density at radius 1 is 1.32 bits per heavy atom. The fourth-order valence-corrected chi connectivity index (χ4v) is 1.76. The molecule has 2 rings (SSSR count). The van der Waals surface area contributed by atoms with Gasteiger partial charge < -0.3 is 10.2 Å². The highest BCUT2D eigenvalue weighted by Crippen LogP contribution is 2.19. The van der Waals surface area contributed by atoms with E-state index in [0.29, 0.717) is 0 Å². The molecule has 2 aromatic heterocycles. The molecule has 0 fully saturated rings. The van der Waals surface area contributed by atoms with E-state index in [1.165, 1.54) is 0 Å². The first kappa shape index (κ1) is 13.5. The molecule has 0 aromatic carbocycles. The minimum absolute atomic E-state index is 0.829. The highest BCUT2D eigenvalue weighted by Gasteiger charge is 2.08. The predicted molar refractivity (Wildman–Crippen MR) is 76.0 cm³/mol. The molecule has 0 unspecified atom stereocenters. The number of aryl methyl sites for hydroxylation is 1. The number of anilines is 1. The Morgan fingerprint density at radius 3 is 2.68 bits per heavy atom. The molecule has 2 heterocycles. The molecule has 2 aromatic rings. The van der Waals surface area contributed by atoms with Gasteiger partial charge in [-0.25, -0.2) is 9.97 Å². The largest absolute Gasteiger partial charge is 0.373 e. The van der Waals surface area contributed by atoms with Gasteiger partial charge in [-0.3, -0.25) is 4.68 Å². The molecule has 6 heteroatoms. The lowest BCUT2D eigenvalue weighted by Crippen LogP contribution is -2.16. The third-order valence-corrected chi connectivity index (χ3v) is 2.81. The second-order valence-electron chi connectivity index (χ2n) is 4.76. The average Bonchev–Trinajstić information content (AvgIpc) is 2.82. The van der Waals surface area contributed by atoms with Gasteiger partial charge in [-0.1, -0.05) is 0 Å². The van der Waals surface area contributed by atoms with Crippen LogP contribution in [0.3, 0.4) is 0 Å². The molecule has 19 heavy (non-hydrogen) atoms. The summed E-state index contributed by atoms with van der Waals surface area (Å²) in [5, 5.41) is 7.26. The van der Waals surface area contributed by atoms with Gasteiger partial charge in [0.25, 0.3) is 0 Å². The molecule has 6 nitrogen and oxygen atoms in total. The normalized spacial score (nSPS) is 11.0. The summed E-state index contributed by atoms with van der Waals surface area (Å²) >= 11 is 0. The summed E-state index contributed by atoms with van der Waals surface area (Å²) in [6.07, 6.45) is 4.60. The van der Waals surface area contributed by atoms with Crippen molar-refractivity contribution in [2.75, 3.05) is 33.0 Å². The van der Waals surface area contributed by atoms with Gasteiger partial charge in [0.1, 0.15) is 11.6 Å². The third-order valence-electron chi connectivity index (χ3n) is 2.81. The van der Waals surface area contributed by atoms with E-state index in [4.69, 9.17) is 0 Å². The third kappa shape index (κ3) is 3.51. The number of hydrogen-bond acceptors (Lipinski definition) is 5. The summed E-state index contributed by atoms with van der Waals surface area (Å²) in [4.78, 5) is 11.2. The molecule has 0 saturated carbocycles. The van der Waals surface area contributed by atoms with Crippen LogP contribution < -0.4 is 5.32 Å². The van der Waals surface area contributed by atoms with Crippen molar-refractivity contribution in [1.82, 2.24) is 24.6 Å². The van der Waals surface area contributed by atoms with E-state index in [-0.39, 0.29) is 0 Å². The number of rotatable bonds is 5. The van der Waals surface area contributed by atoms with Crippen molar-refractivity contribution < 1.29 is 0 Å². The summed E-state index contributed by atoms with van der Waals surface area (Å²) in [7, 11) is 7.86. The Kier molecular flexibility index (Phi) is 4.11. The van der Waals surface area contributed by atoms with Crippen LogP contribution in [0.1, 0.15) is 5.82 Å². The average molecular weight is 260 g/mol. The van der Waals surface area contributed by atoms with Crippen LogP contribution in [0.25, 0.3) is 11.3 Å². The molecular weight excluding hydrogens is 240 g/mol. The maximum Gasteiger partial charge on any atom is 0.132 e. The molecule has 0 aliphatic heterocycles. The molecule has 0 bridgehead atoms. The first-order valence-electron chi connectivity index (χ1n) is 6.28. The van der Waals surface area contributed by atoms with Crippen LogP contribution >= 0.6 is 0 Å². The number of aromatic nitrogens is 4. The lowest BCUT2D eigenvalue weighted by Gasteiger charge is -2.10. The smallest absolute Gasteiger partial charge is 0.132 e. The van der Waals surface area contributed by atoms with Gasteiger partial charge in [-0.05, 0) is 14.1 Å². The highest BCUT2D eigenvalue weighted by atomic mass is 15.2. The lowest BCUT2D eigenvalue weighted by molar-refractivity contribution is 0.409. The molecule has 1 N–H and O–H groups in total. The van der Waals surface area contributed by atoms with Crippen molar-refractivity contribution in [2.24, 2.45) is 7.05 Å². The zero-order valence-electron chi connectivity index (χ0n) is 11.9. The molecule has 0 aliphatic rings. The second kappa shape index (κ2) is 5.79. The summed E-state index contributed by atoms with van der Waals surface area (Å²) in [6.45, 7) is 0.930. The van der Waals surface area contributed by atoms with E-state index < -0.39 is 0 Å². The minimum Gasteiger partial charge on any atom is -0.373 e. The van der Waals surface area contributed by atoms with E-state index in [0.717, 1.165) is 35.9 Å². The van der Waals surface area contributed by atoms with Gasteiger partial charge in [0, 0.05) is 44.9 Å². The number of likely N-dealkylation sites (N-methyl/N-ethyl adjacent to an activating group) is 1. The maximum absolute atomic E-state index is 4.61. The van der Waals surface area contributed by atoms with Gasteiger partial charge in [0.2, 0.25) is 0 Å². The number of hydrogen-bond donors (Lipinski definition) is 1. The fraction of sp³-hybridized carbons (Fsp3) is 0.462. The van der Waals surface area contributed by atoms with Crippen molar-refractivity contribution >= 4 is 5.82 Å². The topological polar surface area (TPSA) is 58.9 Å². The number of nitrogens with one attached hydrogen (secondary N) is 1. The van der Waals surface area contributed by atoms with Crippen LogP contribution in [0.4, 0.5) is 5.82 Å². The lowest BCUT2D eigenvalue weighted by atomic mass is 10.2. The van der Waals surface area contributed by atoms with Crippen LogP contribution in [-0.2, 0) is 13.5 Å². The van der Waals surface area contributed by atoms with Crippen LogP contribution in [0.5, 0.6) is 0 Å². The zero-order chi connectivity index (χ0) is 13.8. The fourth-order valence-electron chi connectivity index (χ4n) is 1.76. The van der Waals surface area contributed by atoms with E-state index in [1.807, 2.05) is 46.7 Å². The SMILES string of the molecule is CNc1cc(-c2cnn(C)c2)nc(CCN(C)C)n1. The molecule has 0 radical (unpaired) electrons. The Labute approximate surface area is 113 Å². The van der Waals surface area contributed by atoms with E-state index in [9.17, 15) is 0 Å². The van der Waals surface area contributed by atoms with Crippen LogP contribution in [0.2, 0.25) is 0 Å².